The van der Waals surface area contributed by atoms with Crippen LogP contribution in [0, 0.1) is 12.8 Å². The van der Waals surface area contributed by atoms with Crippen LogP contribution in [0.1, 0.15) is 54.8 Å². The van der Waals surface area contributed by atoms with Crippen molar-refractivity contribution in [1.29, 1.82) is 0 Å². The Bertz CT molecular complexity index is 732. The lowest BCUT2D eigenvalue weighted by molar-refractivity contribution is -0.131. The van der Waals surface area contributed by atoms with E-state index in [0.29, 0.717) is 12.3 Å². The number of carbonyl (C=O) groups excluding carboxylic acids is 1. The van der Waals surface area contributed by atoms with Crippen LogP contribution in [0.5, 0.6) is 5.75 Å². The Balaban J connectivity index is 1.77. The molecule has 3 nitrogen and oxygen atoms in total. The number of benzene rings is 2. The summed E-state index contributed by atoms with van der Waals surface area (Å²) in [5.41, 5.74) is 3.27. The average Bonchev–Trinajstić information content (AvgIpc) is 3.14. The van der Waals surface area contributed by atoms with Gasteiger partial charge < -0.3 is 10.0 Å². The number of aryl methyl sites for hydroxylation is 1. The largest absolute Gasteiger partial charge is 0.508 e. The summed E-state index contributed by atoms with van der Waals surface area (Å²) in [6.07, 6.45) is 6.46. The topological polar surface area (TPSA) is 40.5 Å². The van der Waals surface area contributed by atoms with Gasteiger partial charge in [0, 0.05) is 7.05 Å². The van der Waals surface area contributed by atoms with Gasteiger partial charge in [0.1, 0.15) is 5.75 Å². The summed E-state index contributed by atoms with van der Waals surface area (Å²) >= 11 is 0. The van der Waals surface area contributed by atoms with Crippen molar-refractivity contribution in [3.8, 4) is 5.75 Å². The summed E-state index contributed by atoms with van der Waals surface area (Å²) in [4.78, 5) is 14.8. The standard InChI is InChI=1S/C23H29NO2/c1-17-10-12-19(13-11-17)15-23(26)24(2)22(14-18-6-3-4-7-18)20-8-5-9-21(25)16-20/h5,8-13,16,18,22,25H,3-4,6-7,14-15H2,1-2H3. The van der Waals surface area contributed by atoms with Gasteiger partial charge in [0.2, 0.25) is 5.91 Å². The van der Waals surface area contributed by atoms with Crippen molar-refractivity contribution in [2.45, 2.75) is 51.5 Å². The highest BCUT2D eigenvalue weighted by Gasteiger charge is 2.27. The fourth-order valence-electron chi connectivity index (χ4n) is 3.99. The molecule has 1 fully saturated rings. The smallest absolute Gasteiger partial charge is 0.227 e. The number of nitrogens with zero attached hydrogens (tertiary/aromatic N) is 1. The number of likely N-dealkylation sites (N-methyl/N-ethyl adjacent to an activating group) is 1. The monoisotopic (exact) mass is 351 g/mol. The molecular weight excluding hydrogens is 322 g/mol. The van der Waals surface area contributed by atoms with E-state index in [1.807, 2.05) is 48.3 Å². The van der Waals surface area contributed by atoms with Crippen LogP contribution in [0.3, 0.4) is 0 Å². The molecule has 1 aliphatic carbocycles. The minimum Gasteiger partial charge on any atom is -0.508 e. The van der Waals surface area contributed by atoms with Crippen LogP contribution in [0.2, 0.25) is 0 Å². The molecule has 1 amide bonds. The van der Waals surface area contributed by atoms with Crippen molar-refractivity contribution in [2.24, 2.45) is 5.92 Å². The number of carbonyl (C=O) groups is 1. The third kappa shape index (κ3) is 4.66. The zero-order chi connectivity index (χ0) is 18.5. The molecule has 2 aromatic rings. The predicted molar refractivity (Wildman–Crippen MR) is 105 cm³/mol. The summed E-state index contributed by atoms with van der Waals surface area (Å²) in [7, 11) is 1.90. The molecule has 0 spiro atoms. The first-order chi connectivity index (χ1) is 12.5. The van der Waals surface area contributed by atoms with Crippen molar-refractivity contribution in [1.82, 2.24) is 4.90 Å². The maximum Gasteiger partial charge on any atom is 0.227 e. The molecule has 1 unspecified atom stereocenters. The maximum atomic E-state index is 12.9. The number of phenolic OH excluding ortho intramolecular Hbond substituents is 1. The van der Waals surface area contributed by atoms with E-state index in [9.17, 15) is 9.90 Å². The van der Waals surface area contributed by atoms with Gasteiger partial charge >= 0.3 is 0 Å². The molecule has 0 aliphatic heterocycles. The summed E-state index contributed by atoms with van der Waals surface area (Å²) in [6, 6.07) is 15.5. The molecule has 26 heavy (non-hydrogen) atoms. The van der Waals surface area contributed by atoms with Crippen LogP contribution >= 0.6 is 0 Å². The lowest BCUT2D eigenvalue weighted by Crippen LogP contribution is -2.33. The van der Waals surface area contributed by atoms with Crippen LogP contribution in [0.15, 0.2) is 48.5 Å². The van der Waals surface area contributed by atoms with Crippen molar-refractivity contribution < 1.29 is 9.90 Å². The van der Waals surface area contributed by atoms with Gasteiger partial charge in [0.15, 0.2) is 0 Å². The number of amides is 1. The Kier molecular flexibility index (Phi) is 5.97. The van der Waals surface area contributed by atoms with E-state index < -0.39 is 0 Å². The quantitative estimate of drug-likeness (QED) is 0.793. The maximum absolute atomic E-state index is 12.9. The van der Waals surface area contributed by atoms with Gasteiger partial charge in [-0.15, -0.1) is 0 Å². The van der Waals surface area contributed by atoms with E-state index in [4.69, 9.17) is 0 Å². The Hall–Kier alpha value is -2.29. The van der Waals surface area contributed by atoms with Gasteiger partial charge in [-0.05, 0) is 42.5 Å². The van der Waals surface area contributed by atoms with E-state index >= 15 is 0 Å². The number of hydrogen-bond acceptors (Lipinski definition) is 2. The summed E-state index contributed by atoms with van der Waals surface area (Å²) < 4.78 is 0. The first-order valence-corrected chi connectivity index (χ1v) is 9.63. The molecule has 3 heteroatoms. The average molecular weight is 351 g/mol. The zero-order valence-corrected chi connectivity index (χ0v) is 15.8. The second kappa shape index (κ2) is 8.39. The van der Waals surface area contributed by atoms with Crippen LogP contribution in [-0.2, 0) is 11.2 Å². The number of phenols is 1. The highest BCUT2D eigenvalue weighted by atomic mass is 16.3. The fourth-order valence-corrected chi connectivity index (χ4v) is 3.99. The molecular formula is C23H29NO2. The lowest BCUT2D eigenvalue weighted by Gasteiger charge is -2.31. The summed E-state index contributed by atoms with van der Waals surface area (Å²) in [6.45, 7) is 2.05. The van der Waals surface area contributed by atoms with E-state index in [-0.39, 0.29) is 17.7 Å². The summed E-state index contributed by atoms with van der Waals surface area (Å²) in [5.74, 6) is 1.05. The van der Waals surface area contributed by atoms with Crippen molar-refractivity contribution in [3.63, 3.8) is 0 Å². The van der Waals surface area contributed by atoms with E-state index in [2.05, 4.69) is 6.92 Å². The summed E-state index contributed by atoms with van der Waals surface area (Å²) in [5, 5.41) is 9.90. The van der Waals surface area contributed by atoms with Crippen molar-refractivity contribution in [3.05, 3.63) is 65.2 Å². The predicted octanol–water partition coefficient (Wildman–Crippen LogP) is 5.02. The number of rotatable bonds is 6. The second-order valence-corrected chi connectivity index (χ2v) is 7.66. The van der Waals surface area contributed by atoms with E-state index in [0.717, 1.165) is 17.5 Å². The second-order valence-electron chi connectivity index (χ2n) is 7.66. The minimum absolute atomic E-state index is 0.0168. The van der Waals surface area contributed by atoms with Gasteiger partial charge in [0.25, 0.3) is 0 Å². The molecule has 1 atom stereocenters. The third-order valence-electron chi connectivity index (χ3n) is 5.62. The van der Waals surface area contributed by atoms with Gasteiger partial charge in [-0.1, -0.05) is 67.6 Å². The van der Waals surface area contributed by atoms with Gasteiger partial charge in [-0.25, -0.2) is 0 Å². The highest BCUT2D eigenvalue weighted by molar-refractivity contribution is 5.79. The zero-order valence-electron chi connectivity index (χ0n) is 15.8. The van der Waals surface area contributed by atoms with Crippen LogP contribution in [-0.4, -0.2) is 23.0 Å². The SMILES string of the molecule is Cc1ccc(CC(=O)N(C)C(CC2CCCC2)c2cccc(O)c2)cc1. The van der Waals surface area contributed by atoms with Gasteiger partial charge in [-0.3, -0.25) is 4.79 Å². The van der Waals surface area contributed by atoms with Crippen LogP contribution < -0.4 is 0 Å². The number of hydrogen-bond donors (Lipinski definition) is 1. The van der Waals surface area contributed by atoms with Crippen LogP contribution in [0.4, 0.5) is 0 Å². The fraction of sp³-hybridized carbons (Fsp3) is 0.435. The normalized spacial score (nSPS) is 15.8. The van der Waals surface area contributed by atoms with E-state index in [1.54, 1.807) is 12.1 Å². The first-order valence-electron chi connectivity index (χ1n) is 9.63. The number of aromatic hydroxyl groups is 1. The third-order valence-corrected chi connectivity index (χ3v) is 5.62. The lowest BCUT2D eigenvalue weighted by atomic mass is 9.92. The van der Waals surface area contributed by atoms with Crippen molar-refractivity contribution >= 4 is 5.91 Å². The molecule has 1 saturated carbocycles. The Labute approximate surface area is 156 Å². The molecule has 0 radical (unpaired) electrons. The molecule has 1 aliphatic rings. The molecule has 2 aromatic carbocycles. The molecule has 0 aromatic heterocycles. The Morgan fingerprint density at radius 2 is 1.85 bits per heavy atom. The first kappa shape index (κ1) is 18.5. The Morgan fingerprint density at radius 1 is 1.15 bits per heavy atom. The van der Waals surface area contributed by atoms with Gasteiger partial charge in [-0.2, -0.15) is 0 Å². The molecule has 0 heterocycles. The van der Waals surface area contributed by atoms with Crippen LogP contribution in [0.25, 0.3) is 0 Å². The minimum atomic E-state index is 0.0168. The van der Waals surface area contributed by atoms with Crippen molar-refractivity contribution in [2.75, 3.05) is 7.05 Å². The van der Waals surface area contributed by atoms with Gasteiger partial charge in [0.05, 0.1) is 12.5 Å². The molecule has 1 N–H and O–H groups in total. The Morgan fingerprint density at radius 3 is 2.50 bits per heavy atom. The molecule has 3 rings (SSSR count). The molecule has 138 valence electrons. The molecule has 0 saturated heterocycles. The highest BCUT2D eigenvalue weighted by Crippen LogP contribution is 2.36. The molecule has 0 bridgehead atoms. The van der Waals surface area contributed by atoms with E-state index in [1.165, 1.54) is 31.2 Å².